The van der Waals surface area contributed by atoms with Crippen LogP contribution in [-0.2, 0) is 26.2 Å². The van der Waals surface area contributed by atoms with Crippen molar-refractivity contribution in [2.45, 2.75) is 47.0 Å². The second kappa shape index (κ2) is 9.45. The third kappa shape index (κ3) is 5.08. The molecule has 0 atom stereocenters. The number of rotatable bonds is 10. The highest BCUT2D eigenvalue weighted by atomic mass is 16.5. The summed E-state index contributed by atoms with van der Waals surface area (Å²) in [4.78, 5) is 2.40. The normalized spacial score (nSPS) is 11.2. The van der Waals surface area contributed by atoms with E-state index in [1.54, 1.807) is 7.11 Å². The Labute approximate surface area is 145 Å². The van der Waals surface area contributed by atoms with Crippen LogP contribution < -0.4 is 10.1 Å². The molecule has 1 heterocycles. The minimum Gasteiger partial charge on any atom is -0.496 e. The molecule has 0 unspecified atom stereocenters. The molecule has 1 N–H and O–H groups in total. The van der Waals surface area contributed by atoms with Crippen LogP contribution >= 0.6 is 0 Å². The van der Waals surface area contributed by atoms with E-state index in [2.05, 4.69) is 60.5 Å². The van der Waals surface area contributed by atoms with Crippen molar-refractivity contribution in [3.8, 4) is 5.75 Å². The predicted octanol–water partition coefficient (Wildman–Crippen LogP) is 3.04. The number of aryl methyl sites for hydroxylation is 1. The summed E-state index contributed by atoms with van der Waals surface area (Å²) in [6, 6.07) is 6.46. The van der Waals surface area contributed by atoms with Crippen molar-refractivity contribution in [3.05, 3.63) is 47.3 Å². The highest BCUT2D eigenvalue weighted by Gasteiger charge is 2.08. The molecule has 0 aliphatic rings. The SMILES string of the molecule is CCN(CC)Cc1cc(CNCc2cnn(CC)c2)ccc1OC. The number of nitrogens with one attached hydrogen (secondary N) is 1. The summed E-state index contributed by atoms with van der Waals surface area (Å²) in [7, 11) is 1.74. The van der Waals surface area contributed by atoms with Gasteiger partial charge in [-0.15, -0.1) is 0 Å². The zero-order valence-electron chi connectivity index (χ0n) is 15.4. The molecule has 0 radical (unpaired) electrons. The van der Waals surface area contributed by atoms with Crippen LogP contribution in [0.25, 0.3) is 0 Å². The minimum absolute atomic E-state index is 0.831. The second-order valence-corrected chi connectivity index (χ2v) is 5.92. The molecule has 0 saturated carbocycles. The summed E-state index contributed by atoms with van der Waals surface area (Å²) in [5, 5.41) is 7.80. The standard InChI is InChI=1S/C19H30N4O/c1-5-22(6-2)15-18-10-16(8-9-19(18)24-4)11-20-12-17-13-21-23(7-3)14-17/h8-10,13-14,20H,5-7,11-12,15H2,1-4H3. The van der Waals surface area contributed by atoms with Crippen molar-refractivity contribution >= 4 is 0 Å². The van der Waals surface area contributed by atoms with E-state index in [0.29, 0.717) is 0 Å². The second-order valence-electron chi connectivity index (χ2n) is 5.92. The molecule has 0 amide bonds. The van der Waals surface area contributed by atoms with E-state index in [1.165, 1.54) is 16.7 Å². The molecule has 1 aromatic heterocycles. The molecule has 0 bridgehead atoms. The monoisotopic (exact) mass is 330 g/mol. The van der Waals surface area contributed by atoms with E-state index >= 15 is 0 Å². The molecule has 5 nitrogen and oxygen atoms in total. The Morgan fingerprint density at radius 1 is 1.12 bits per heavy atom. The Balaban J connectivity index is 1.96. The molecule has 2 aromatic rings. The molecular formula is C19H30N4O. The lowest BCUT2D eigenvalue weighted by molar-refractivity contribution is 0.289. The number of aromatic nitrogens is 2. The number of hydrogen-bond acceptors (Lipinski definition) is 4. The zero-order valence-corrected chi connectivity index (χ0v) is 15.4. The third-order valence-electron chi connectivity index (χ3n) is 4.30. The average Bonchev–Trinajstić information content (AvgIpc) is 3.08. The Morgan fingerprint density at radius 2 is 1.88 bits per heavy atom. The van der Waals surface area contributed by atoms with Crippen molar-refractivity contribution in [1.29, 1.82) is 0 Å². The highest BCUT2D eigenvalue weighted by Crippen LogP contribution is 2.21. The molecule has 0 aliphatic heterocycles. The number of nitrogens with zero attached hydrogens (tertiary/aromatic N) is 3. The van der Waals surface area contributed by atoms with Crippen LogP contribution in [0.1, 0.15) is 37.5 Å². The van der Waals surface area contributed by atoms with Crippen LogP contribution in [0.4, 0.5) is 0 Å². The quantitative estimate of drug-likeness (QED) is 0.727. The van der Waals surface area contributed by atoms with Gasteiger partial charge in [-0.1, -0.05) is 19.9 Å². The number of hydrogen-bond donors (Lipinski definition) is 1. The molecule has 0 saturated heterocycles. The Hall–Kier alpha value is -1.85. The molecule has 24 heavy (non-hydrogen) atoms. The van der Waals surface area contributed by atoms with E-state index in [0.717, 1.165) is 45.0 Å². The van der Waals surface area contributed by atoms with Gasteiger partial charge in [-0.25, -0.2) is 0 Å². The summed E-state index contributed by atoms with van der Waals surface area (Å²) >= 11 is 0. The van der Waals surface area contributed by atoms with Crippen molar-refractivity contribution in [1.82, 2.24) is 20.0 Å². The number of benzene rings is 1. The van der Waals surface area contributed by atoms with Gasteiger partial charge in [0.15, 0.2) is 0 Å². The highest BCUT2D eigenvalue weighted by molar-refractivity contribution is 5.37. The molecule has 2 rings (SSSR count). The first-order chi connectivity index (χ1) is 11.7. The third-order valence-corrected chi connectivity index (χ3v) is 4.30. The Morgan fingerprint density at radius 3 is 2.50 bits per heavy atom. The first-order valence-corrected chi connectivity index (χ1v) is 8.80. The van der Waals surface area contributed by atoms with Gasteiger partial charge in [0.2, 0.25) is 0 Å². The van der Waals surface area contributed by atoms with E-state index in [4.69, 9.17) is 4.74 Å². The Kier molecular flexibility index (Phi) is 7.28. The van der Waals surface area contributed by atoms with E-state index in [-0.39, 0.29) is 0 Å². The van der Waals surface area contributed by atoms with Gasteiger partial charge in [0.25, 0.3) is 0 Å². The number of ether oxygens (including phenoxy) is 1. The van der Waals surface area contributed by atoms with Gasteiger partial charge >= 0.3 is 0 Å². The van der Waals surface area contributed by atoms with Gasteiger partial charge in [-0.05, 0) is 37.7 Å². The molecule has 132 valence electrons. The summed E-state index contributed by atoms with van der Waals surface area (Å²) in [5.41, 5.74) is 3.74. The zero-order chi connectivity index (χ0) is 17.4. The van der Waals surface area contributed by atoms with Crippen LogP contribution in [0.2, 0.25) is 0 Å². The molecule has 5 heteroatoms. The predicted molar refractivity (Wildman–Crippen MR) is 98.1 cm³/mol. The van der Waals surface area contributed by atoms with Gasteiger partial charge in [0.05, 0.1) is 13.3 Å². The van der Waals surface area contributed by atoms with E-state index in [9.17, 15) is 0 Å². The lowest BCUT2D eigenvalue weighted by atomic mass is 10.1. The van der Waals surface area contributed by atoms with Crippen LogP contribution in [0.15, 0.2) is 30.6 Å². The molecule has 0 aliphatic carbocycles. The van der Waals surface area contributed by atoms with Crippen molar-refractivity contribution in [3.63, 3.8) is 0 Å². The fourth-order valence-electron chi connectivity index (χ4n) is 2.78. The van der Waals surface area contributed by atoms with Gasteiger partial charge in [0.1, 0.15) is 5.75 Å². The smallest absolute Gasteiger partial charge is 0.123 e. The maximum absolute atomic E-state index is 5.52. The van der Waals surface area contributed by atoms with Gasteiger partial charge in [-0.2, -0.15) is 5.10 Å². The fraction of sp³-hybridized carbons (Fsp3) is 0.526. The summed E-state index contributed by atoms with van der Waals surface area (Å²) < 4.78 is 7.47. The van der Waals surface area contributed by atoms with Crippen molar-refractivity contribution in [2.75, 3.05) is 20.2 Å². The molecule has 0 spiro atoms. The lowest BCUT2D eigenvalue weighted by Gasteiger charge is -2.20. The maximum Gasteiger partial charge on any atom is 0.123 e. The average molecular weight is 330 g/mol. The molecule has 0 fully saturated rings. The lowest BCUT2D eigenvalue weighted by Crippen LogP contribution is -2.22. The van der Waals surface area contributed by atoms with Gasteiger partial charge in [0, 0.05) is 43.5 Å². The first-order valence-electron chi connectivity index (χ1n) is 8.80. The number of methoxy groups -OCH3 is 1. The minimum atomic E-state index is 0.831. The van der Waals surface area contributed by atoms with E-state index in [1.807, 2.05) is 10.9 Å². The van der Waals surface area contributed by atoms with Crippen LogP contribution in [-0.4, -0.2) is 34.9 Å². The van der Waals surface area contributed by atoms with Crippen LogP contribution in [0.5, 0.6) is 5.75 Å². The fourth-order valence-corrected chi connectivity index (χ4v) is 2.78. The maximum atomic E-state index is 5.52. The topological polar surface area (TPSA) is 42.3 Å². The first kappa shape index (κ1) is 18.5. The van der Waals surface area contributed by atoms with Gasteiger partial charge < -0.3 is 10.1 Å². The van der Waals surface area contributed by atoms with Crippen LogP contribution in [0, 0.1) is 0 Å². The van der Waals surface area contributed by atoms with Crippen LogP contribution in [0.3, 0.4) is 0 Å². The summed E-state index contributed by atoms with van der Waals surface area (Å²) in [6.45, 7) is 12.1. The van der Waals surface area contributed by atoms with E-state index < -0.39 is 0 Å². The van der Waals surface area contributed by atoms with Crippen molar-refractivity contribution in [2.24, 2.45) is 0 Å². The molecular weight excluding hydrogens is 300 g/mol. The Bertz CT molecular complexity index is 620. The van der Waals surface area contributed by atoms with Gasteiger partial charge in [-0.3, -0.25) is 9.58 Å². The summed E-state index contributed by atoms with van der Waals surface area (Å²) in [5.74, 6) is 0.967. The molecule has 1 aromatic carbocycles. The largest absolute Gasteiger partial charge is 0.496 e. The van der Waals surface area contributed by atoms with Crippen molar-refractivity contribution < 1.29 is 4.74 Å². The summed E-state index contributed by atoms with van der Waals surface area (Å²) in [6.07, 6.45) is 4.02.